The van der Waals surface area contributed by atoms with Crippen molar-refractivity contribution in [3.63, 3.8) is 0 Å². The molecule has 0 saturated heterocycles. The zero-order valence-electron chi connectivity index (χ0n) is 23.4. The van der Waals surface area contributed by atoms with Crippen molar-refractivity contribution in [1.29, 1.82) is 15.8 Å². The minimum Gasteiger partial charge on any atom is -0.309 e. The number of hydrogen-bond donors (Lipinski definition) is 0. The molecule has 8 aromatic rings. The molecule has 5 heteroatoms. The number of nitriles is 3. The van der Waals surface area contributed by atoms with Gasteiger partial charge in [-0.25, -0.2) is 0 Å². The van der Waals surface area contributed by atoms with E-state index in [2.05, 4.69) is 94.1 Å². The van der Waals surface area contributed by atoms with Crippen LogP contribution >= 0.6 is 0 Å². The molecule has 0 amide bonds. The minimum atomic E-state index is 0.361. The van der Waals surface area contributed by atoms with Crippen LogP contribution in [0.15, 0.2) is 127 Å². The molecule has 8 rings (SSSR count). The Kier molecular flexibility index (Phi) is 5.56. The zero-order valence-corrected chi connectivity index (χ0v) is 23.4. The molecule has 0 fully saturated rings. The summed E-state index contributed by atoms with van der Waals surface area (Å²) in [5, 5.41) is 33.1. The van der Waals surface area contributed by atoms with Gasteiger partial charge in [0.2, 0.25) is 0 Å². The van der Waals surface area contributed by atoms with Crippen LogP contribution in [0.2, 0.25) is 0 Å². The van der Waals surface area contributed by atoms with Crippen LogP contribution in [0.4, 0.5) is 0 Å². The van der Waals surface area contributed by atoms with E-state index >= 15 is 0 Å². The van der Waals surface area contributed by atoms with E-state index < -0.39 is 0 Å². The second-order valence-electron chi connectivity index (χ2n) is 10.8. The van der Waals surface area contributed by atoms with Gasteiger partial charge in [0, 0.05) is 32.9 Å². The first-order valence-electron chi connectivity index (χ1n) is 14.2. The summed E-state index contributed by atoms with van der Waals surface area (Å²) in [5.41, 5.74) is 9.59. The highest BCUT2D eigenvalue weighted by Gasteiger charge is 2.17. The maximum atomic E-state index is 9.67. The lowest BCUT2D eigenvalue weighted by molar-refractivity contribution is 1.17. The maximum Gasteiger partial charge on any atom is 0.101 e. The van der Waals surface area contributed by atoms with Crippen LogP contribution in [-0.4, -0.2) is 9.13 Å². The highest BCUT2D eigenvalue weighted by Crippen LogP contribution is 2.38. The summed E-state index contributed by atoms with van der Waals surface area (Å²) >= 11 is 0. The van der Waals surface area contributed by atoms with E-state index in [1.54, 1.807) is 12.1 Å². The molecule has 0 atom stereocenters. The van der Waals surface area contributed by atoms with Gasteiger partial charge in [0.15, 0.2) is 0 Å². The summed E-state index contributed by atoms with van der Waals surface area (Å²) in [6.07, 6.45) is 0. The molecule has 6 aromatic carbocycles. The van der Waals surface area contributed by atoms with Crippen molar-refractivity contribution in [2.24, 2.45) is 0 Å². The van der Waals surface area contributed by atoms with Crippen molar-refractivity contribution in [2.45, 2.75) is 0 Å². The topological polar surface area (TPSA) is 81.2 Å². The molecule has 0 N–H and O–H groups in total. The lowest BCUT2D eigenvalue weighted by Gasteiger charge is -2.10. The molecule has 2 aromatic heterocycles. The third-order valence-electron chi connectivity index (χ3n) is 8.41. The quantitative estimate of drug-likeness (QED) is 0.216. The Labute approximate surface area is 252 Å². The third kappa shape index (κ3) is 3.70. The van der Waals surface area contributed by atoms with E-state index in [-0.39, 0.29) is 0 Å². The van der Waals surface area contributed by atoms with E-state index in [9.17, 15) is 15.8 Å². The second kappa shape index (κ2) is 9.74. The molecule has 0 bridgehead atoms. The Bertz CT molecular complexity index is 2600. The first kappa shape index (κ1) is 25.1. The molecule has 0 unspecified atom stereocenters. The fraction of sp³-hybridized carbons (Fsp3) is 0. The molecule has 44 heavy (non-hydrogen) atoms. The number of hydrogen-bond acceptors (Lipinski definition) is 3. The van der Waals surface area contributed by atoms with Crippen LogP contribution in [0.3, 0.4) is 0 Å². The lowest BCUT2D eigenvalue weighted by atomic mass is 10.0. The Morgan fingerprint density at radius 3 is 1.50 bits per heavy atom. The Hall–Kier alpha value is -6.61. The largest absolute Gasteiger partial charge is 0.309 e. The summed E-state index contributed by atoms with van der Waals surface area (Å²) in [7, 11) is 0. The first-order chi connectivity index (χ1) is 21.7. The van der Waals surface area contributed by atoms with Gasteiger partial charge in [-0.15, -0.1) is 0 Å². The predicted octanol–water partition coefficient (Wildman–Crippen LogP) is 9.16. The number of fused-ring (bicyclic) bond motifs is 6. The monoisotopic (exact) mass is 559 g/mol. The maximum absolute atomic E-state index is 9.67. The summed E-state index contributed by atoms with van der Waals surface area (Å²) < 4.78 is 4.38. The summed E-state index contributed by atoms with van der Waals surface area (Å²) in [6.45, 7) is 0. The molecule has 0 aliphatic carbocycles. The molecule has 0 spiro atoms. The standard InChI is InChI=1S/C39H21N5/c40-22-25-6-5-7-30(18-25)43-36-10-3-1-8-32(36)34-20-26(13-16-38(34)43)27-14-17-39-35(21-27)33-9-2-4-11-37(33)44(39)31-15-12-28(23-41)29(19-31)24-42/h1-21H. The molecule has 0 aliphatic rings. The normalized spacial score (nSPS) is 11.1. The van der Waals surface area contributed by atoms with E-state index in [0.29, 0.717) is 16.7 Å². The fourth-order valence-corrected chi connectivity index (χ4v) is 6.44. The van der Waals surface area contributed by atoms with Crippen molar-refractivity contribution < 1.29 is 0 Å². The number of para-hydroxylation sites is 2. The first-order valence-corrected chi connectivity index (χ1v) is 14.2. The summed E-state index contributed by atoms with van der Waals surface area (Å²) in [5.74, 6) is 0. The van der Waals surface area contributed by atoms with E-state index in [0.717, 1.165) is 66.1 Å². The van der Waals surface area contributed by atoms with Gasteiger partial charge < -0.3 is 9.13 Å². The van der Waals surface area contributed by atoms with Crippen molar-refractivity contribution in [1.82, 2.24) is 9.13 Å². The summed E-state index contributed by atoms with van der Waals surface area (Å²) in [6, 6.07) is 49.4. The number of aromatic nitrogens is 2. The van der Waals surface area contributed by atoms with Crippen molar-refractivity contribution >= 4 is 43.6 Å². The average Bonchev–Trinajstić information content (AvgIpc) is 3.60. The van der Waals surface area contributed by atoms with Gasteiger partial charge in [-0.2, -0.15) is 15.8 Å². The highest BCUT2D eigenvalue weighted by molar-refractivity contribution is 6.12. The molecule has 0 saturated carbocycles. The number of rotatable bonds is 3. The van der Waals surface area contributed by atoms with Gasteiger partial charge in [-0.3, -0.25) is 0 Å². The molecule has 0 radical (unpaired) electrons. The minimum absolute atomic E-state index is 0.361. The van der Waals surface area contributed by atoms with Crippen LogP contribution in [0.1, 0.15) is 16.7 Å². The van der Waals surface area contributed by atoms with Crippen LogP contribution < -0.4 is 0 Å². The van der Waals surface area contributed by atoms with Crippen LogP contribution in [0.5, 0.6) is 0 Å². The fourth-order valence-electron chi connectivity index (χ4n) is 6.44. The van der Waals surface area contributed by atoms with Crippen molar-refractivity contribution in [3.05, 3.63) is 144 Å². The molecule has 5 nitrogen and oxygen atoms in total. The lowest BCUT2D eigenvalue weighted by Crippen LogP contribution is -1.96. The van der Waals surface area contributed by atoms with Gasteiger partial charge in [0.05, 0.1) is 44.8 Å². The Morgan fingerprint density at radius 2 is 0.932 bits per heavy atom. The smallest absolute Gasteiger partial charge is 0.101 e. The summed E-state index contributed by atoms with van der Waals surface area (Å²) in [4.78, 5) is 0. The van der Waals surface area contributed by atoms with Crippen molar-refractivity contribution in [2.75, 3.05) is 0 Å². The third-order valence-corrected chi connectivity index (χ3v) is 8.41. The van der Waals surface area contributed by atoms with Crippen molar-refractivity contribution in [3.8, 4) is 40.7 Å². The number of benzene rings is 6. The molecular weight excluding hydrogens is 538 g/mol. The predicted molar refractivity (Wildman–Crippen MR) is 175 cm³/mol. The number of nitrogens with zero attached hydrogens (tertiary/aromatic N) is 5. The average molecular weight is 560 g/mol. The van der Waals surface area contributed by atoms with Gasteiger partial charge in [0.1, 0.15) is 12.1 Å². The van der Waals surface area contributed by atoms with Gasteiger partial charge in [-0.1, -0.05) is 54.6 Å². The zero-order chi connectivity index (χ0) is 29.8. The molecule has 2 heterocycles. The van der Waals surface area contributed by atoms with Crippen LogP contribution in [0, 0.1) is 34.0 Å². The Balaban J connectivity index is 1.33. The molecule has 202 valence electrons. The highest BCUT2D eigenvalue weighted by atomic mass is 15.0. The van der Waals surface area contributed by atoms with Gasteiger partial charge in [0.25, 0.3) is 0 Å². The van der Waals surface area contributed by atoms with E-state index in [1.807, 2.05) is 48.5 Å². The molecule has 0 aliphatic heterocycles. The van der Waals surface area contributed by atoms with Crippen LogP contribution in [-0.2, 0) is 0 Å². The van der Waals surface area contributed by atoms with Gasteiger partial charge >= 0.3 is 0 Å². The van der Waals surface area contributed by atoms with E-state index in [4.69, 9.17) is 0 Å². The van der Waals surface area contributed by atoms with Gasteiger partial charge in [-0.05, 0) is 83.9 Å². The van der Waals surface area contributed by atoms with Crippen LogP contribution in [0.25, 0.3) is 66.1 Å². The molecular formula is C39H21N5. The van der Waals surface area contributed by atoms with E-state index in [1.165, 1.54) is 0 Å². The second-order valence-corrected chi connectivity index (χ2v) is 10.8. The SMILES string of the molecule is N#Cc1cccc(-n2c3ccccc3c3cc(-c4ccc5c(c4)c4ccccc4n5-c4ccc(C#N)c(C#N)c4)ccc32)c1. The Morgan fingerprint density at radius 1 is 0.386 bits per heavy atom.